The number of nitrogens with one attached hydrogen (secondary N) is 1. The molecule has 0 spiro atoms. The number of aromatic hydroxyl groups is 1. The molecule has 2 N–H and O–H groups in total. The van der Waals surface area contributed by atoms with Crippen LogP contribution in [0.5, 0.6) is 5.75 Å². The van der Waals surface area contributed by atoms with Crippen molar-refractivity contribution in [3.05, 3.63) is 43.1 Å². The zero-order chi connectivity index (χ0) is 17.8. The summed E-state index contributed by atoms with van der Waals surface area (Å²) in [7, 11) is 0. The van der Waals surface area contributed by atoms with Gasteiger partial charge in [-0.25, -0.2) is 9.97 Å². The maximum atomic E-state index is 10.4. The summed E-state index contributed by atoms with van der Waals surface area (Å²) in [6.45, 7) is 2.14. The highest BCUT2D eigenvalue weighted by molar-refractivity contribution is 7.99. The fraction of sp³-hybridized carbons (Fsp3) is 0.333. The number of phenolic OH excluding ortho intramolecular Hbond substituents is 1. The van der Waals surface area contributed by atoms with Gasteiger partial charge in [0.2, 0.25) is 0 Å². The lowest BCUT2D eigenvalue weighted by atomic mass is 10.1. The summed E-state index contributed by atoms with van der Waals surface area (Å²) in [6.07, 6.45) is 10.4. The molecule has 1 saturated heterocycles. The van der Waals surface area contributed by atoms with Crippen molar-refractivity contribution in [2.75, 3.05) is 13.1 Å². The van der Waals surface area contributed by atoms with Crippen LogP contribution < -0.4 is 5.32 Å². The third-order valence-corrected chi connectivity index (χ3v) is 5.61. The van der Waals surface area contributed by atoms with Gasteiger partial charge in [-0.2, -0.15) is 0 Å². The predicted octanol–water partition coefficient (Wildman–Crippen LogP) is 2.66. The second-order valence-electron chi connectivity index (χ2n) is 6.21. The van der Waals surface area contributed by atoms with E-state index in [1.807, 2.05) is 16.8 Å². The van der Waals surface area contributed by atoms with Gasteiger partial charge in [0, 0.05) is 23.7 Å². The standard InChI is InChI=1S/C18H20N6OS/c25-16-10-13(24-9-8-20-12-24)3-4-15(16)18-21-11-17(22-23-18)26-14-2-1-6-19-7-5-14/h3-4,8-12,14,19,25H,1-2,5-7H2/t14-/m0/s1. The molecule has 1 atom stereocenters. The van der Waals surface area contributed by atoms with Crippen LogP contribution >= 0.6 is 11.8 Å². The summed E-state index contributed by atoms with van der Waals surface area (Å²) < 4.78 is 1.82. The Balaban J connectivity index is 1.49. The normalized spacial score (nSPS) is 17.8. The van der Waals surface area contributed by atoms with Gasteiger partial charge in [-0.05, 0) is 44.5 Å². The molecule has 0 aliphatic carbocycles. The number of benzene rings is 1. The minimum absolute atomic E-state index is 0.119. The van der Waals surface area contributed by atoms with Crippen LogP contribution in [0.4, 0.5) is 0 Å². The summed E-state index contributed by atoms with van der Waals surface area (Å²) in [5.74, 6) is 0.541. The van der Waals surface area contributed by atoms with E-state index in [1.165, 1.54) is 12.8 Å². The van der Waals surface area contributed by atoms with Gasteiger partial charge in [-0.15, -0.1) is 10.2 Å². The van der Waals surface area contributed by atoms with Gasteiger partial charge in [0.05, 0.1) is 23.8 Å². The number of thioether (sulfide) groups is 1. The van der Waals surface area contributed by atoms with E-state index in [9.17, 15) is 5.11 Å². The van der Waals surface area contributed by atoms with Crippen molar-refractivity contribution in [2.45, 2.75) is 29.5 Å². The molecule has 0 amide bonds. The third-order valence-electron chi connectivity index (χ3n) is 4.38. The van der Waals surface area contributed by atoms with Crippen molar-refractivity contribution in [3.63, 3.8) is 0 Å². The van der Waals surface area contributed by atoms with Crippen LogP contribution in [0.15, 0.2) is 48.1 Å². The Bertz CT molecular complexity index is 845. The molecule has 7 nitrogen and oxygen atoms in total. The average Bonchev–Trinajstić information content (AvgIpc) is 3.08. The van der Waals surface area contributed by atoms with Crippen LogP contribution in [0.25, 0.3) is 17.1 Å². The largest absolute Gasteiger partial charge is 0.507 e. The monoisotopic (exact) mass is 368 g/mol. The number of nitrogens with zero attached hydrogens (tertiary/aromatic N) is 5. The number of imidazole rings is 1. The molecule has 8 heteroatoms. The molecule has 0 bridgehead atoms. The summed E-state index contributed by atoms with van der Waals surface area (Å²) >= 11 is 1.74. The van der Waals surface area contributed by atoms with Crippen LogP contribution in [-0.4, -0.2) is 48.2 Å². The molecule has 134 valence electrons. The first kappa shape index (κ1) is 17.0. The Morgan fingerprint density at radius 1 is 1.19 bits per heavy atom. The Morgan fingerprint density at radius 3 is 2.92 bits per heavy atom. The highest BCUT2D eigenvalue weighted by atomic mass is 32.2. The van der Waals surface area contributed by atoms with E-state index in [2.05, 4.69) is 25.5 Å². The Morgan fingerprint density at radius 2 is 2.15 bits per heavy atom. The predicted molar refractivity (Wildman–Crippen MR) is 100 cm³/mol. The molecule has 26 heavy (non-hydrogen) atoms. The number of hydrogen-bond donors (Lipinski definition) is 2. The molecule has 0 unspecified atom stereocenters. The van der Waals surface area contributed by atoms with Gasteiger partial charge in [0.25, 0.3) is 0 Å². The minimum Gasteiger partial charge on any atom is -0.507 e. The third kappa shape index (κ3) is 3.86. The van der Waals surface area contributed by atoms with Crippen LogP contribution in [0, 0.1) is 0 Å². The lowest BCUT2D eigenvalue weighted by Gasteiger charge is -2.12. The van der Waals surface area contributed by atoms with Crippen molar-refractivity contribution in [1.29, 1.82) is 0 Å². The van der Waals surface area contributed by atoms with Crippen molar-refractivity contribution in [1.82, 2.24) is 30.0 Å². The summed E-state index contributed by atoms with van der Waals surface area (Å²) in [6, 6.07) is 5.36. The summed E-state index contributed by atoms with van der Waals surface area (Å²) in [4.78, 5) is 8.41. The lowest BCUT2D eigenvalue weighted by molar-refractivity contribution is 0.476. The lowest BCUT2D eigenvalue weighted by Crippen LogP contribution is -2.14. The molecule has 0 radical (unpaired) electrons. The highest BCUT2D eigenvalue weighted by Gasteiger charge is 2.15. The highest BCUT2D eigenvalue weighted by Crippen LogP contribution is 2.30. The molecular formula is C18H20N6OS. The van der Waals surface area contributed by atoms with E-state index < -0.39 is 0 Å². The van der Waals surface area contributed by atoms with E-state index in [-0.39, 0.29) is 5.75 Å². The maximum absolute atomic E-state index is 10.4. The maximum Gasteiger partial charge on any atom is 0.185 e. The zero-order valence-electron chi connectivity index (χ0n) is 14.2. The van der Waals surface area contributed by atoms with Gasteiger partial charge < -0.3 is 15.0 Å². The molecule has 0 saturated carbocycles. The summed E-state index contributed by atoms with van der Waals surface area (Å²) in [5, 5.41) is 23.7. The van der Waals surface area contributed by atoms with E-state index in [4.69, 9.17) is 0 Å². The fourth-order valence-electron chi connectivity index (χ4n) is 3.00. The molecule has 1 aliphatic heterocycles. The molecule has 1 aromatic carbocycles. The number of hydrogen-bond acceptors (Lipinski definition) is 7. The molecular weight excluding hydrogens is 348 g/mol. The minimum atomic E-state index is 0.119. The Kier molecular flexibility index (Phi) is 5.12. The zero-order valence-corrected chi connectivity index (χ0v) is 15.1. The van der Waals surface area contributed by atoms with Crippen LogP contribution in [0.1, 0.15) is 19.3 Å². The van der Waals surface area contributed by atoms with Crippen molar-refractivity contribution < 1.29 is 5.11 Å². The quantitative estimate of drug-likeness (QED) is 0.732. The first-order valence-corrected chi connectivity index (χ1v) is 9.56. The van der Waals surface area contributed by atoms with Crippen LogP contribution in [0.3, 0.4) is 0 Å². The topological polar surface area (TPSA) is 88.8 Å². The van der Waals surface area contributed by atoms with Gasteiger partial charge in [-0.3, -0.25) is 0 Å². The van der Waals surface area contributed by atoms with Crippen molar-refractivity contribution in [3.8, 4) is 22.8 Å². The van der Waals surface area contributed by atoms with E-state index in [1.54, 1.807) is 42.6 Å². The molecule has 3 heterocycles. The van der Waals surface area contributed by atoms with Crippen molar-refractivity contribution >= 4 is 11.8 Å². The number of aromatic nitrogens is 5. The second-order valence-corrected chi connectivity index (χ2v) is 7.53. The Hall–Kier alpha value is -2.45. The molecule has 3 aromatic rings. The number of rotatable bonds is 4. The average molecular weight is 368 g/mol. The van der Waals surface area contributed by atoms with Crippen LogP contribution in [-0.2, 0) is 0 Å². The molecule has 4 rings (SSSR count). The second kappa shape index (κ2) is 7.84. The smallest absolute Gasteiger partial charge is 0.185 e. The molecule has 2 aromatic heterocycles. The first-order chi connectivity index (χ1) is 12.8. The molecule has 1 aliphatic rings. The van der Waals surface area contributed by atoms with Crippen molar-refractivity contribution in [2.24, 2.45) is 0 Å². The SMILES string of the molecule is Oc1cc(-n2ccnc2)ccc1-c1ncc(S[C@H]2CCCNCC2)nn1. The summed E-state index contributed by atoms with van der Waals surface area (Å²) in [5.41, 5.74) is 1.39. The Labute approximate surface area is 155 Å². The van der Waals surface area contributed by atoms with Gasteiger partial charge >= 0.3 is 0 Å². The van der Waals surface area contributed by atoms with E-state index in [0.717, 1.165) is 30.2 Å². The number of phenols is 1. The van der Waals surface area contributed by atoms with Gasteiger partial charge in [0.15, 0.2) is 5.82 Å². The van der Waals surface area contributed by atoms with E-state index in [0.29, 0.717) is 16.6 Å². The van der Waals surface area contributed by atoms with E-state index >= 15 is 0 Å². The first-order valence-electron chi connectivity index (χ1n) is 8.68. The van der Waals surface area contributed by atoms with Gasteiger partial charge in [-0.1, -0.05) is 11.8 Å². The van der Waals surface area contributed by atoms with Gasteiger partial charge in [0.1, 0.15) is 10.8 Å². The molecule has 1 fully saturated rings. The fourth-order valence-corrected chi connectivity index (χ4v) is 4.06. The van der Waals surface area contributed by atoms with Crippen LogP contribution in [0.2, 0.25) is 0 Å².